The summed E-state index contributed by atoms with van der Waals surface area (Å²) < 4.78 is 11.0. The van der Waals surface area contributed by atoms with Gasteiger partial charge in [0.2, 0.25) is 0 Å². The average Bonchev–Trinajstić information content (AvgIpc) is 2.49. The highest BCUT2D eigenvalue weighted by atomic mass is 32.1. The minimum absolute atomic E-state index is 0.0650. The molecule has 2 aromatic rings. The highest BCUT2D eigenvalue weighted by Gasteiger charge is 2.01. The Morgan fingerprint density at radius 2 is 1.29 bits per heavy atom. The monoisotopic (exact) mass is 312 g/mol. The molecule has 0 aliphatic heterocycles. The molecule has 2 aromatic carbocycles. The van der Waals surface area contributed by atoms with Gasteiger partial charge in [0.25, 0.3) is 0 Å². The second-order valence-corrected chi connectivity index (χ2v) is 4.17. The normalized spacial score (nSPS) is 8.95. The molecule has 0 aliphatic rings. The maximum atomic E-state index is 5.49. The van der Waals surface area contributed by atoms with Crippen LogP contribution in [0.15, 0.2) is 58.5 Å². The molecule has 0 spiro atoms. The van der Waals surface area contributed by atoms with Crippen molar-refractivity contribution >= 4 is 53.8 Å². The maximum Gasteiger partial charge on any atom is 0.576 e. The second-order valence-electron chi connectivity index (χ2n) is 3.81. The third kappa shape index (κ3) is 4.95. The summed E-state index contributed by atoms with van der Waals surface area (Å²) in [6, 6.07) is 14.3. The summed E-state index contributed by atoms with van der Waals surface area (Å²) in [5.74, 6) is 1.27. The van der Waals surface area contributed by atoms with E-state index in [-0.39, 0.29) is 7.69 Å². The molecular weight excluding hydrogens is 303 g/mol. The first kappa shape index (κ1) is 15.1. The number of hydrogen-bond donors (Lipinski definition) is 0. The Kier molecular flexibility index (Phi) is 5.82. The molecule has 0 unspecified atom stereocenters. The lowest BCUT2D eigenvalue weighted by Gasteiger charge is -2.07. The van der Waals surface area contributed by atoms with Gasteiger partial charge in [0.05, 0.1) is 21.7 Å². The number of nitrogens with zero attached hydrogens (tertiary/aromatic N) is 2. The van der Waals surface area contributed by atoms with E-state index in [2.05, 4.69) is 44.7 Å². The Balaban J connectivity index is 1.95. The molecule has 0 aliphatic carbocycles. The fourth-order valence-electron chi connectivity index (χ4n) is 1.56. The summed E-state index contributed by atoms with van der Waals surface area (Å²) >= 11 is 9.12. The zero-order valence-electron chi connectivity index (χ0n) is 10.9. The van der Waals surface area contributed by atoms with Gasteiger partial charge in [-0.25, -0.2) is 0 Å². The van der Waals surface area contributed by atoms with E-state index in [9.17, 15) is 0 Å². The largest absolute Gasteiger partial charge is 0.576 e. The van der Waals surface area contributed by atoms with Crippen molar-refractivity contribution < 1.29 is 9.31 Å². The van der Waals surface area contributed by atoms with Crippen molar-refractivity contribution in [3.8, 4) is 11.5 Å². The molecule has 21 heavy (non-hydrogen) atoms. The Hall–Kier alpha value is -2.30. The van der Waals surface area contributed by atoms with E-state index in [1.165, 1.54) is 0 Å². The van der Waals surface area contributed by atoms with Crippen molar-refractivity contribution in [2.45, 2.75) is 0 Å². The van der Waals surface area contributed by atoms with Crippen LogP contribution in [0.1, 0.15) is 0 Å². The quantitative estimate of drug-likeness (QED) is 0.461. The van der Waals surface area contributed by atoms with Gasteiger partial charge in [-0.3, -0.25) is 0 Å². The summed E-state index contributed by atoms with van der Waals surface area (Å²) in [4.78, 5) is 7.76. The van der Waals surface area contributed by atoms with Crippen molar-refractivity contribution in [2.24, 2.45) is 9.98 Å². The highest BCUT2D eigenvalue weighted by molar-refractivity contribution is 7.78. The maximum absolute atomic E-state index is 5.49. The molecule has 102 valence electrons. The Labute approximate surface area is 133 Å². The molecule has 0 saturated carbocycles. The van der Waals surface area contributed by atoms with E-state index in [0.717, 1.165) is 0 Å². The molecule has 0 amide bonds. The molecule has 4 nitrogen and oxygen atoms in total. The standard InChI is InChI=1S/C14H9BN2O2S2/c20-9-16-11-3-1-5-13(7-11)18-15-19-14-6-2-4-12(8-14)17-10-21/h1-8,15H. The number of aliphatic imine (C=N–C) groups is 2. The predicted molar refractivity (Wildman–Crippen MR) is 90.7 cm³/mol. The van der Waals surface area contributed by atoms with Crippen molar-refractivity contribution in [1.29, 1.82) is 0 Å². The molecule has 0 bridgehead atoms. The summed E-state index contributed by atoms with van der Waals surface area (Å²) in [7, 11) is 0.0650. The zero-order chi connectivity index (χ0) is 14.9. The van der Waals surface area contributed by atoms with Gasteiger partial charge in [-0.1, -0.05) is 12.1 Å². The van der Waals surface area contributed by atoms with Gasteiger partial charge in [0.1, 0.15) is 11.5 Å². The topological polar surface area (TPSA) is 43.2 Å². The molecule has 2 rings (SSSR count). The van der Waals surface area contributed by atoms with Crippen LogP contribution in [-0.2, 0) is 0 Å². The summed E-state index contributed by atoms with van der Waals surface area (Å²) in [5, 5.41) is 4.62. The molecule has 0 heterocycles. The fraction of sp³-hybridized carbons (Fsp3) is 0. The van der Waals surface area contributed by atoms with Gasteiger partial charge >= 0.3 is 7.69 Å². The predicted octanol–water partition coefficient (Wildman–Crippen LogP) is 3.88. The van der Waals surface area contributed by atoms with Gasteiger partial charge < -0.3 is 9.31 Å². The van der Waals surface area contributed by atoms with Crippen molar-refractivity contribution in [3.05, 3.63) is 48.5 Å². The van der Waals surface area contributed by atoms with Crippen LogP contribution >= 0.6 is 24.4 Å². The molecule has 0 aromatic heterocycles. The van der Waals surface area contributed by atoms with Gasteiger partial charge in [0, 0.05) is 12.1 Å². The van der Waals surface area contributed by atoms with E-state index >= 15 is 0 Å². The second kappa shape index (κ2) is 8.09. The highest BCUT2D eigenvalue weighted by Crippen LogP contribution is 2.21. The average molecular weight is 312 g/mol. The first-order valence-electron chi connectivity index (χ1n) is 5.93. The Bertz CT molecular complexity index is 665. The number of hydrogen-bond acceptors (Lipinski definition) is 6. The van der Waals surface area contributed by atoms with Gasteiger partial charge in [-0.05, 0) is 48.7 Å². The van der Waals surface area contributed by atoms with E-state index in [1.807, 2.05) is 12.1 Å². The van der Waals surface area contributed by atoms with Gasteiger partial charge in [0.15, 0.2) is 0 Å². The van der Waals surface area contributed by atoms with Crippen molar-refractivity contribution in [3.63, 3.8) is 0 Å². The van der Waals surface area contributed by atoms with Crippen LogP contribution in [0.4, 0.5) is 11.4 Å². The summed E-state index contributed by atoms with van der Waals surface area (Å²) in [5.41, 5.74) is 1.36. The lowest BCUT2D eigenvalue weighted by atomic mass is 10.2. The van der Waals surface area contributed by atoms with Crippen LogP contribution in [0.5, 0.6) is 11.5 Å². The van der Waals surface area contributed by atoms with Crippen LogP contribution < -0.4 is 9.31 Å². The minimum atomic E-state index is 0.0650. The van der Waals surface area contributed by atoms with Crippen molar-refractivity contribution in [2.75, 3.05) is 0 Å². The number of benzene rings is 2. The smallest absolute Gasteiger partial charge is 0.528 e. The SMILES string of the molecule is S=C=Nc1cccc(OBOc2cccc(N=C=S)c2)c1. The number of thiocarbonyl (C=S) groups is 2. The van der Waals surface area contributed by atoms with Crippen LogP contribution in [-0.4, -0.2) is 18.0 Å². The third-order valence-electron chi connectivity index (χ3n) is 2.44. The number of rotatable bonds is 6. The molecule has 0 fully saturated rings. The van der Waals surface area contributed by atoms with E-state index in [4.69, 9.17) is 9.31 Å². The van der Waals surface area contributed by atoms with Crippen molar-refractivity contribution in [1.82, 2.24) is 0 Å². The Morgan fingerprint density at radius 1 is 0.810 bits per heavy atom. The first-order chi connectivity index (χ1) is 10.3. The molecule has 0 saturated heterocycles. The zero-order valence-corrected chi connectivity index (χ0v) is 12.5. The lowest BCUT2D eigenvalue weighted by Crippen LogP contribution is -2.10. The molecule has 0 atom stereocenters. The van der Waals surface area contributed by atoms with Crippen LogP contribution in [0.25, 0.3) is 0 Å². The molecule has 0 radical (unpaired) electrons. The van der Waals surface area contributed by atoms with Crippen LogP contribution in [0.3, 0.4) is 0 Å². The van der Waals surface area contributed by atoms with E-state index < -0.39 is 0 Å². The Morgan fingerprint density at radius 3 is 1.71 bits per heavy atom. The van der Waals surface area contributed by atoms with E-state index in [0.29, 0.717) is 22.9 Å². The lowest BCUT2D eigenvalue weighted by molar-refractivity contribution is 0.459. The molecular formula is C14H9BN2O2S2. The molecule has 0 N–H and O–H groups in total. The first-order valence-corrected chi connectivity index (χ1v) is 6.75. The fourth-order valence-corrected chi connectivity index (χ4v) is 1.77. The summed E-state index contributed by atoms with van der Waals surface area (Å²) in [6.07, 6.45) is 0. The van der Waals surface area contributed by atoms with Gasteiger partial charge in [-0.2, -0.15) is 9.98 Å². The molecule has 7 heteroatoms. The number of isothiocyanates is 2. The van der Waals surface area contributed by atoms with E-state index in [1.54, 1.807) is 36.4 Å². The van der Waals surface area contributed by atoms with Crippen LogP contribution in [0.2, 0.25) is 0 Å². The summed E-state index contributed by atoms with van der Waals surface area (Å²) in [6.45, 7) is 0. The third-order valence-corrected chi connectivity index (χ3v) is 2.62. The van der Waals surface area contributed by atoms with Gasteiger partial charge in [-0.15, -0.1) is 0 Å². The van der Waals surface area contributed by atoms with Crippen LogP contribution in [0, 0.1) is 0 Å². The minimum Gasteiger partial charge on any atom is -0.528 e.